The van der Waals surface area contributed by atoms with Crippen LogP contribution in [0.2, 0.25) is 0 Å². The second kappa shape index (κ2) is 10.0. The number of benzene rings is 2. The summed E-state index contributed by atoms with van der Waals surface area (Å²) < 4.78 is 1.33. The fraction of sp³-hybridized carbons (Fsp3) is 0.241. The van der Waals surface area contributed by atoms with Gasteiger partial charge in [-0.1, -0.05) is 24.3 Å². The van der Waals surface area contributed by atoms with E-state index in [4.69, 9.17) is 0 Å². The Morgan fingerprint density at radius 3 is 2.73 bits per heavy atom. The van der Waals surface area contributed by atoms with Gasteiger partial charge in [0.1, 0.15) is 11.4 Å². The first-order valence-electron chi connectivity index (χ1n) is 12.9. The van der Waals surface area contributed by atoms with E-state index in [1.54, 1.807) is 24.3 Å². The van der Waals surface area contributed by atoms with Crippen molar-refractivity contribution in [2.45, 2.75) is 44.9 Å². The topological polar surface area (TPSA) is 155 Å². The predicted octanol–water partition coefficient (Wildman–Crippen LogP) is 2.13. The van der Waals surface area contributed by atoms with Crippen LogP contribution < -0.4 is 16.0 Å². The maximum atomic E-state index is 13.4. The summed E-state index contributed by atoms with van der Waals surface area (Å²) in [6, 6.07) is 13.1. The standard InChI is InChI=1S/C29H26N6O5/c1-15(36)18-4-6-20-19(11-18)12-24(37)27(20)34-29(40)23-13-22(32-25-8-9-31-35(23)25)28(39)30-14-16-2-3-17-5-7-26(38)33-21(17)10-16/h2-4,6,8-11,13,24,27,37H,5,7,12,14H2,1H3,(H,30,39)(H,33,38)(H,34,40)/t24-,27+/m0/s1. The molecule has 6 rings (SSSR count). The third-order valence-electron chi connectivity index (χ3n) is 7.33. The third-order valence-corrected chi connectivity index (χ3v) is 7.33. The van der Waals surface area contributed by atoms with Crippen molar-refractivity contribution >= 4 is 34.8 Å². The van der Waals surface area contributed by atoms with Crippen LogP contribution in [0.25, 0.3) is 5.65 Å². The molecule has 0 saturated heterocycles. The van der Waals surface area contributed by atoms with Gasteiger partial charge >= 0.3 is 0 Å². The highest BCUT2D eigenvalue weighted by molar-refractivity contribution is 5.99. The average Bonchev–Trinajstić information content (AvgIpc) is 3.54. The number of Topliss-reactive ketones (excluding diaryl/α,β-unsaturated/α-hetero) is 1. The van der Waals surface area contributed by atoms with Crippen LogP contribution in [0.4, 0.5) is 5.69 Å². The lowest BCUT2D eigenvalue weighted by molar-refractivity contribution is -0.116. The van der Waals surface area contributed by atoms with Crippen LogP contribution in [0.5, 0.6) is 0 Å². The van der Waals surface area contributed by atoms with E-state index in [0.29, 0.717) is 30.5 Å². The van der Waals surface area contributed by atoms with E-state index >= 15 is 0 Å². The Hall–Kier alpha value is -4.90. The van der Waals surface area contributed by atoms with Gasteiger partial charge < -0.3 is 21.1 Å². The van der Waals surface area contributed by atoms with Crippen molar-refractivity contribution < 1.29 is 24.3 Å². The first-order chi connectivity index (χ1) is 19.3. The Labute approximate surface area is 228 Å². The number of rotatable bonds is 6. The van der Waals surface area contributed by atoms with Crippen molar-refractivity contribution in [3.05, 3.63) is 93.9 Å². The Kier molecular flexibility index (Phi) is 6.35. The van der Waals surface area contributed by atoms with Crippen molar-refractivity contribution in [2.24, 2.45) is 0 Å². The summed E-state index contributed by atoms with van der Waals surface area (Å²) in [5.74, 6) is -1.13. The lowest BCUT2D eigenvalue weighted by Crippen LogP contribution is -2.35. The molecule has 4 N–H and O–H groups in total. The van der Waals surface area contributed by atoms with Gasteiger partial charge in [0, 0.05) is 42.8 Å². The second-order valence-corrected chi connectivity index (χ2v) is 10.0. The van der Waals surface area contributed by atoms with Crippen LogP contribution in [-0.4, -0.2) is 49.3 Å². The molecule has 0 fully saturated rings. The number of amides is 3. The predicted molar refractivity (Wildman–Crippen MR) is 144 cm³/mol. The minimum absolute atomic E-state index is 0.0304. The number of nitrogens with one attached hydrogen (secondary N) is 3. The zero-order chi connectivity index (χ0) is 28.0. The minimum atomic E-state index is -0.875. The molecule has 0 radical (unpaired) electrons. The molecule has 1 aliphatic heterocycles. The molecular weight excluding hydrogens is 512 g/mol. The minimum Gasteiger partial charge on any atom is -0.390 e. The number of nitrogens with zero attached hydrogens (tertiary/aromatic N) is 3. The van der Waals surface area contributed by atoms with E-state index in [-0.39, 0.29) is 29.6 Å². The summed E-state index contributed by atoms with van der Waals surface area (Å²) >= 11 is 0. The number of carbonyl (C=O) groups excluding carboxylic acids is 4. The molecular formula is C29H26N6O5. The van der Waals surface area contributed by atoms with Gasteiger partial charge in [0.15, 0.2) is 11.4 Å². The molecule has 2 atom stereocenters. The van der Waals surface area contributed by atoms with E-state index in [1.807, 2.05) is 18.2 Å². The number of aliphatic hydroxyl groups is 1. The zero-order valence-electron chi connectivity index (χ0n) is 21.6. The van der Waals surface area contributed by atoms with E-state index in [1.165, 1.54) is 23.7 Å². The van der Waals surface area contributed by atoms with Crippen molar-refractivity contribution in [1.82, 2.24) is 25.2 Å². The Bertz CT molecular complexity index is 1710. The van der Waals surface area contributed by atoms with Gasteiger partial charge in [-0.2, -0.15) is 5.10 Å². The van der Waals surface area contributed by atoms with E-state index in [0.717, 1.165) is 27.9 Å². The molecule has 2 aromatic heterocycles. The maximum Gasteiger partial charge on any atom is 0.270 e. The molecule has 0 spiro atoms. The van der Waals surface area contributed by atoms with E-state index in [2.05, 4.69) is 26.0 Å². The summed E-state index contributed by atoms with van der Waals surface area (Å²) in [4.78, 5) is 54.3. The summed E-state index contributed by atoms with van der Waals surface area (Å²) in [5, 5.41) is 23.4. The van der Waals surface area contributed by atoms with Crippen molar-refractivity contribution in [2.75, 3.05) is 5.32 Å². The van der Waals surface area contributed by atoms with Crippen LogP contribution in [0.15, 0.2) is 54.7 Å². The van der Waals surface area contributed by atoms with Gasteiger partial charge in [0.25, 0.3) is 11.8 Å². The molecule has 0 saturated carbocycles. The first-order valence-corrected chi connectivity index (χ1v) is 12.9. The van der Waals surface area contributed by atoms with E-state index < -0.39 is 24.0 Å². The van der Waals surface area contributed by atoms with Crippen molar-refractivity contribution in [3.8, 4) is 0 Å². The van der Waals surface area contributed by atoms with Gasteiger partial charge in [-0.05, 0) is 47.7 Å². The average molecular weight is 539 g/mol. The summed E-state index contributed by atoms with van der Waals surface area (Å²) in [7, 11) is 0. The zero-order valence-corrected chi connectivity index (χ0v) is 21.6. The fourth-order valence-corrected chi connectivity index (χ4v) is 5.24. The molecule has 3 amide bonds. The number of hydrogen-bond acceptors (Lipinski definition) is 7. The van der Waals surface area contributed by atoms with Gasteiger partial charge in [0.05, 0.1) is 18.3 Å². The summed E-state index contributed by atoms with van der Waals surface area (Å²) in [6.45, 7) is 1.67. The molecule has 3 heterocycles. The normalized spacial score (nSPS) is 17.6. The smallest absolute Gasteiger partial charge is 0.270 e. The highest BCUT2D eigenvalue weighted by Gasteiger charge is 2.33. The molecule has 4 aromatic rings. The molecule has 0 unspecified atom stereocenters. The van der Waals surface area contributed by atoms with Crippen molar-refractivity contribution in [3.63, 3.8) is 0 Å². The fourth-order valence-electron chi connectivity index (χ4n) is 5.24. The molecule has 2 aromatic carbocycles. The number of fused-ring (bicyclic) bond motifs is 3. The van der Waals surface area contributed by atoms with Crippen molar-refractivity contribution in [1.29, 1.82) is 0 Å². The molecule has 0 bridgehead atoms. The van der Waals surface area contributed by atoms with Crippen LogP contribution in [0, 0.1) is 0 Å². The SMILES string of the molecule is CC(=O)c1ccc2c(c1)C[C@H](O)[C@@H]2NC(=O)c1cc(C(=O)NCc2ccc3c(c2)NC(=O)CC3)nc2ccnn12. The molecule has 2 aliphatic rings. The number of ketones is 1. The Balaban J connectivity index is 1.21. The summed E-state index contributed by atoms with van der Waals surface area (Å²) in [6.07, 6.45) is 2.03. The van der Waals surface area contributed by atoms with Crippen LogP contribution in [0.1, 0.15) is 73.0 Å². The number of aliphatic hydroxyl groups excluding tert-OH is 1. The quantitative estimate of drug-likeness (QED) is 0.274. The lowest BCUT2D eigenvalue weighted by atomic mass is 10.0. The Morgan fingerprint density at radius 1 is 1.05 bits per heavy atom. The number of anilines is 1. The van der Waals surface area contributed by atoms with Crippen LogP contribution in [0.3, 0.4) is 0 Å². The number of aryl methyl sites for hydroxylation is 1. The second-order valence-electron chi connectivity index (χ2n) is 10.0. The maximum absolute atomic E-state index is 13.4. The largest absolute Gasteiger partial charge is 0.390 e. The Morgan fingerprint density at radius 2 is 1.90 bits per heavy atom. The number of carbonyl (C=O) groups is 4. The number of aromatic nitrogens is 3. The molecule has 1 aliphatic carbocycles. The van der Waals surface area contributed by atoms with Gasteiger partial charge in [-0.25, -0.2) is 9.50 Å². The first kappa shape index (κ1) is 25.4. The number of hydrogen-bond donors (Lipinski definition) is 4. The monoisotopic (exact) mass is 538 g/mol. The van der Waals surface area contributed by atoms with E-state index in [9.17, 15) is 24.3 Å². The van der Waals surface area contributed by atoms with Crippen LogP contribution >= 0.6 is 0 Å². The molecule has 40 heavy (non-hydrogen) atoms. The highest BCUT2D eigenvalue weighted by Crippen LogP contribution is 2.32. The lowest BCUT2D eigenvalue weighted by Gasteiger charge is -2.19. The molecule has 202 valence electrons. The van der Waals surface area contributed by atoms with Crippen LogP contribution in [-0.2, 0) is 24.2 Å². The summed E-state index contributed by atoms with van der Waals surface area (Å²) in [5.41, 5.74) is 5.09. The van der Waals surface area contributed by atoms with Gasteiger partial charge in [-0.15, -0.1) is 0 Å². The molecule has 11 nitrogen and oxygen atoms in total. The van der Waals surface area contributed by atoms with Gasteiger partial charge in [0.2, 0.25) is 5.91 Å². The third kappa shape index (κ3) is 4.71. The van der Waals surface area contributed by atoms with Gasteiger partial charge in [-0.3, -0.25) is 19.2 Å². The molecule has 11 heteroatoms. The highest BCUT2D eigenvalue weighted by atomic mass is 16.3.